The zero-order chi connectivity index (χ0) is 18.2. The molecule has 6 nitrogen and oxygen atoms in total. The van der Waals surface area contributed by atoms with Gasteiger partial charge in [0.25, 0.3) is 0 Å². The average molecular weight is 355 g/mol. The van der Waals surface area contributed by atoms with Gasteiger partial charge in [-0.25, -0.2) is 4.79 Å². The Hall–Kier alpha value is -2.57. The summed E-state index contributed by atoms with van der Waals surface area (Å²) in [5, 5.41) is 5.71. The van der Waals surface area contributed by atoms with Crippen molar-refractivity contribution in [2.45, 2.75) is 13.1 Å². The molecule has 0 saturated carbocycles. The van der Waals surface area contributed by atoms with Crippen molar-refractivity contribution >= 4 is 11.7 Å². The number of hydrogen-bond acceptors (Lipinski definition) is 4. The zero-order valence-corrected chi connectivity index (χ0v) is 15.0. The quantitative estimate of drug-likeness (QED) is 0.836. The van der Waals surface area contributed by atoms with Crippen LogP contribution < -0.4 is 15.4 Å². The number of ether oxygens (including phenoxy) is 2. The molecule has 0 aromatic heterocycles. The fraction of sp³-hybridized carbons (Fsp3) is 0.350. The van der Waals surface area contributed by atoms with E-state index in [4.69, 9.17) is 9.47 Å². The van der Waals surface area contributed by atoms with Gasteiger partial charge in [-0.2, -0.15) is 0 Å². The summed E-state index contributed by atoms with van der Waals surface area (Å²) in [6.07, 6.45) is 0. The molecule has 2 aromatic rings. The van der Waals surface area contributed by atoms with Gasteiger partial charge in [0.2, 0.25) is 0 Å². The molecular weight excluding hydrogens is 330 g/mol. The van der Waals surface area contributed by atoms with Crippen LogP contribution in [0.5, 0.6) is 5.75 Å². The Morgan fingerprint density at radius 1 is 1.12 bits per heavy atom. The van der Waals surface area contributed by atoms with E-state index in [9.17, 15) is 4.79 Å². The lowest BCUT2D eigenvalue weighted by Crippen LogP contribution is -2.35. The third-order valence-corrected chi connectivity index (χ3v) is 4.30. The van der Waals surface area contributed by atoms with Gasteiger partial charge in [0, 0.05) is 31.9 Å². The van der Waals surface area contributed by atoms with Gasteiger partial charge in [-0.3, -0.25) is 4.90 Å². The molecule has 26 heavy (non-hydrogen) atoms. The van der Waals surface area contributed by atoms with Crippen molar-refractivity contribution in [3.05, 3.63) is 59.7 Å². The maximum Gasteiger partial charge on any atom is 0.319 e. The van der Waals surface area contributed by atoms with Crippen molar-refractivity contribution < 1.29 is 14.3 Å². The highest BCUT2D eigenvalue weighted by Crippen LogP contribution is 2.15. The van der Waals surface area contributed by atoms with Crippen LogP contribution in [-0.4, -0.2) is 44.3 Å². The second-order valence-corrected chi connectivity index (χ2v) is 6.24. The molecule has 2 N–H and O–H groups in total. The summed E-state index contributed by atoms with van der Waals surface area (Å²) in [5.41, 5.74) is 3.06. The highest BCUT2D eigenvalue weighted by Gasteiger charge is 2.11. The van der Waals surface area contributed by atoms with E-state index >= 15 is 0 Å². The molecule has 3 rings (SSSR count). The minimum Gasteiger partial charge on any atom is -0.497 e. The summed E-state index contributed by atoms with van der Waals surface area (Å²) in [5.74, 6) is 0.757. The first-order valence-electron chi connectivity index (χ1n) is 8.80. The molecule has 0 bridgehead atoms. The first-order valence-corrected chi connectivity index (χ1v) is 8.80. The summed E-state index contributed by atoms with van der Waals surface area (Å²) >= 11 is 0. The lowest BCUT2D eigenvalue weighted by atomic mass is 10.1. The minimum atomic E-state index is -0.228. The molecule has 1 fully saturated rings. The fourth-order valence-electron chi connectivity index (χ4n) is 2.89. The van der Waals surface area contributed by atoms with Crippen LogP contribution in [0, 0.1) is 0 Å². The number of benzene rings is 2. The van der Waals surface area contributed by atoms with Gasteiger partial charge in [-0.1, -0.05) is 24.3 Å². The van der Waals surface area contributed by atoms with Gasteiger partial charge < -0.3 is 20.1 Å². The number of rotatable bonds is 6. The standard InChI is InChI=1S/C20H25N3O3/c1-25-19-7-5-18(6-8-19)22-20(24)21-14-16-3-2-4-17(13-16)15-23-9-11-26-12-10-23/h2-8,13H,9-12,14-15H2,1H3,(H2,21,22,24). The van der Waals surface area contributed by atoms with Gasteiger partial charge >= 0.3 is 6.03 Å². The Bertz CT molecular complexity index is 712. The summed E-state index contributed by atoms with van der Waals surface area (Å²) in [4.78, 5) is 14.4. The molecule has 6 heteroatoms. The second-order valence-electron chi connectivity index (χ2n) is 6.24. The Morgan fingerprint density at radius 3 is 2.58 bits per heavy atom. The van der Waals surface area contributed by atoms with Crippen LogP contribution in [0.1, 0.15) is 11.1 Å². The Labute approximate surface area is 154 Å². The monoisotopic (exact) mass is 355 g/mol. The zero-order valence-electron chi connectivity index (χ0n) is 15.0. The average Bonchev–Trinajstić information content (AvgIpc) is 2.68. The van der Waals surface area contributed by atoms with Crippen LogP contribution in [0.4, 0.5) is 10.5 Å². The molecule has 1 aliphatic rings. The van der Waals surface area contributed by atoms with Crippen molar-refractivity contribution in [3.63, 3.8) is 0 Å². The number of morpholine rings is 1. The van der Waals surface area contributed by atoms with Gasteiger partial charge in [0.15, 0.2) is 0 Å². The third kappa shape index (κ3) is 5.47. The Kier molecular flexibility index (Phi) is 6.46. The minimum absolute atomic E-state index is 0.228. The lowest BCUT2D eigenvalue weighted by Gasteiger charge is -2.26. The molecule has 0 atom stereocenters. The molecular formula is C20H25N3O3. The highest BCUT2D eigenvalue weighted by molar-refractivity contribution is 5.89. The number of nitrogens with zero attached hydrogens (tertiary/aromatic N) is 1. The highest BCUT2D eigenvalue weighted by atomic mass is 16.5. The van der Waals surface area contributed by atoms with E-state index in [0.717, 1.165) is 49.8 Å². The topological polar surface area (TPSA) is 62.8 Å². The molecule has 138 valence electrons. The molecule has 0 radical (unpaired) electrons. The number of amides is 2. The third-order valence-electron chi connectivity index (χ3n) is 4.30. The van der Waals surface area contributed by atoms with Crippen LogP contribution in [0.2, 0.25) is 0 Å². The van der Waals surface area contributed by atoms with Crippen LogP contribution in [-0.2, 0) is 17.8 Å². The maximum absolute atomic E-state index is 12.1. The van der Waals surface area contributed by atoms with E-state index in [1.165, 1.54) is 5.56 Å². The van der Waals surface area contributed by atoms with Crippen LogP contribution in [0.15, 0.2) is 48.5 Å². The molecule has 1 heterocycles. The molecule has 0 unspecified atom stereocenters. The smallest absolute Gasteiger partial charge is 0.319 e. The van der Waals surface area contributed by atoms with Crippen LogP contribution in [0.3, 0.4) is 0 Å². The van der Waals surface area contributed by atoms with Gasteiger partial charge in [-0.15, -0.1) is 0 Å². The normalized spacial score (nSPS) is 14.7. The summed E-state index contributed by atoms with van der Waals surface area (Å²) in [6.45, 7) is 4.92. The summed E-state index contributed by atoms with van der Waals surface area (Å²) < 4.78 is 10.5. The van der Waals surface area contributed by atoms with Crippen molar-refractivity contribution in [2.24, 2.45) is 0 Å². The number of urea groups is 1. The molecule has 2 amide bonds. The molecule has 0 spiro atoms. The SMILES string of the molecule is COc1ccc(NC(=O)NCc2cccc(CN3CCOCC3)c2)cc1. The van der Waals surface area contributed by atoms with E-state index < -0.39 is 0 Å². The second kappa shape index (κ2) is 9.22. The van der Waals surface area contributed by atoms with E-state index in [-0.39, 0.29) is 6.03 Å². The largest absolute Gasteiger partial charge is 0.497 e. The molecule has 1 aliphatic heterocycles. The van der Waals surface area contributed by atoms with Crippen molar-refractivity contribution in [2.75, 3.05) is 38.7 Å². The van der Waals surface area contributed by atoms with Crippen molar-refractivity contribution in [3.8, 4) is 5.75 Å². The fourth-order valence-corrected chi connectivity index (χ4v) is 2.89. The maximum atomic E-state index is 12.1. The first-order chi connectivity index (χ1) is 12.7. The predicted molar refractivity (Wildman–Crippen MR) is 101 cm³/mol. The first kappa shape index (κ1) is 18.2. The van der Waals surface area contributed by atoms with Gasteiger partial charge in [0.1, 0.15) is 5.75 Å². The Morgan fingerprint density at radius 2 is 1.85 bits per heavy atom. The predicted octanol–water partition coefficient (Wildman–Crippen LogP) is 2.85. The van der Waals surface area contributed by atoms with E-state index in [1.807, 2.05) is 24.3 Å². The van der Waals surface area contributed by atoms with E-state index in [1.54, 1.807) is 19.2 Å². The van der Waals surface area contributed by atoms with Gasteiger partial charge in [-0.05, 0) is 35.4 Å². The van der Waals surface area contributed by atoms with Crippen molar-refractivity contribution in [1.29, 1.82) is 0 Å². The molecule has 1 saturated heterocycles. The molecule has 0 aliphatic carbocycles. The number of methoxy groups -OCH3 is 1. The Balaban J connectivity index is 1.48. The van der Waals surface area contributed by atoms with Crippen LogP contribution in [0.25, 0.3) is 0 Å². The summed E-state index contributed by atoms with van der Waals surface area (Å²) in [7, 11) is 1.61. The van der Waals surface area contributed by atoms with Gasteiger partial charge in [0.05, 0.1) is 20.3 Å². The number of nitrogens with one attached hydrogen (secondary N) is 2. The van der Waals surface area contributed by atoms with Crippen LogP contribution >= 0.6 is 0 Å². The van der Waals surface area contributed by atoms with E-state index in [0.29, 0.717) is 6.54 Å². The lowest BCUT2D eigenvalue weighted by molar-refractivity contribution is 0.0342. The number of anilines is 1. The van der Waals surface area contributed by atoms with E-state index in [2.05, 4.69) is 27.7 Å². The number of carbonyl (C=O) groups excluding carboxylic acids is 1. The molecule has 2 aromatic carbocycles. The summed E-state index contributed by atoms with van der Waals surface area (Å²) in [6, 6.07) is 15.3. The van der Waals surface area contributed by atoms with Crippen molar-refractivity contribution in [1.82, 2.24) is 10.2 Å². The number of carbonyl (C=O) groups is 1. The number of hydrogen-bond donors (Lipinski definition) is 2.